The van der Waals surface area contributed by atoms with Gasteiger partial charge in [0.15, 0.2) is 0 Å². The average molecular weight is 486 g/mol. The third kappa shape index (κ3) is 4.19. The van der Waals surface area contributed by atoms with Crippen molar-refractivity contribution in [3.8, 4) is 11.3 Å². The molecule has 4 aromatic rings. The van der Waals surface area contributed by atoms with E-state index in [4.69, 9.17) is 0 Å². The summed E-state index contributed by atoms with van der Waals surface area (Å²) in [6, 6.07) is 10.7. The van der Waals surface area contributed by atoms with Crippen LogP contribution in [0.5, 0.6) is 0 Å². The summed E-state index contributed by atoms with van der Waals surface area (Å²) in [5.41, 5.74) is 2.04. The molecule has 0 saturated carbocycles. The molecule has 4 heterocycles. The van der Waals surface area contributed by atoms with E-state index < -0.39 is 23.7 Å². The van der Waals surface area contributed by atoms with E-state index >= 15 is 0 Å². The van der Waals surface area contributed by atoms with Crippen LogP contribution in [0, 0.1) is 6.92 Å². The lowest BCUT2D eigenvalue weighted by Gasteiger charge is -2.23. The Bertz CT molecular complexity index is 1360. The van der Waals surface area contributed by atoms with Crippen LogP contribution in [0.2, 0.25) is 0 Å². The average Bonchev–Trinajstić information content (AvgIpc) is 3.47. The summed E-state index contributed by atoms with van der Waals surface area (Å²) in [5, 5.41) is 11.2. The summed E-state index contributed by atoms with van der Waals surface area (Å²) in [4.78, 5) is 20.5. The number of amides is 1. The van der Waals surface area contributed by atoms with Crippen molar-refractivity contribution in [3.63, 3.8) is 0 Å². The first-order chi connectivity index (χ1) is 16.2. The number of H-pyrrole nitrogens is 1. The summed E-state index contributed by atoms with van der Waals surface area (Å²) in [6.07, 6.45) is -2.74. The summed E-state index contributed by atoms with van der Waals surface area (Å²) in [6.45, 7) is 2.79. The van der Waals surface area contributed by atoms with Gasteiger partial charge in [-0.3, -0.25) is 14.9 Å². The molecule has 1 aromatic carbocycles. The minimum absolute atomic E-state index is 0.211. The van der Waals surface area contributed by atoms with Gasteiger partial charge in [-0.15, -0.1) is 11.3 Å². The molecule has 3 aromatic heterocycles. The Balaban J connectivity index is 1.42. The topological polar surface area (TPSA) is 73.9 Å². The van der Waals surface area contributed by atoms with Crippen molar-refractivity contribution in [1.29, 1.82) is 0 Å². The van der Waals surface area contributed by atoms with Crippen LogP contribution < -0.4 is 5.32 Å². The van der Waals surface area contributed by atoms with Crippen LogP contribution in [0.1, 0.15) is 32.4 Å². The van der Waals surface area contributed by atoms with Crippen molar-refractivity contribution in [3.05, 3.63) is 70.4 Å². The SMILES string of the molecule is Cc1cc(-c2n[nH]c3sc(C(=O)NC4CN(C)CC4c4ccccc4C(F)(F)F)cc23)ccn1. The van der Waals surface area contributed by atoms with Crippen LogP contribution in [0.15, 0.2) is 48.7 Å². The van der Waals surface area contributed by atoms with Crippen LogP contribution in [-0.4, -0.2) is 52.2 Å². The highest BCUT2D eigenvalue weighted by atomic mass is 32.1. The molecule has 0 spiro atoms. The first-order valence-corrected chi connectivity index (χ1v) is 11.6. The monoisotopic (exact) mass is 485 g/mol. The maximum absolute atomic E-state index is 13.6. The van der Waals surface area contributed by atoms with Gasteiger partial charge in [-0.05, 0) is 43.8 Å². The molecule has 2 N–H and O–H groups in total. The van der Waals surface area contributed by atoms with E-state index in [1.54, 1.807) is 18.3 Å². The molecule has 1 aliphatic rings. The Kier molecular flexibility index (Phi) is 5.65. The zero-order valence-corrected chi connectivity index (χ0v) is 19.3. The highest BCUT2D eigenvalue weighted by Gasteiger charge is 2.40. The lowest BCUT2D eigenvalue weighted by Crippen LogP contribution is -2.39. The summed E-state index contributed by atoms with van der Waals surface area (Å²) < 4.78 is 40.9. The molecule has 10 heteroatoms. The largest absolute Gasteiger partial charge is 0.416 e. The molecule has 176 valence electrons. The number of carbonyl (C=O) groups is 1. The van der Waals surface area contributed by atoms with E-state index in [0.29, 0.717) is 18.0 Å². The standard InChI is InChI=1S/C24H22F3N5OS/c1-13-9-14(7-8-28-13)21-16-10-20(34-23(16)31-30-21)22(33)29-19-12-32(2)11-17(19)15-5-3-4-6-18(15)24(25,26)27/h3-10,17,19H,11-12H2,1-2H3,(H,29,33)(H,30,31). The van der Waals surface area contributed by atoms with E-state index in [0.717, 1.165) is 33.2 Å². The second-order valence-electron chi connectivity index (χ2n) is 8.60. The van der Waals surface area contributed by atoms with Gasteiger partial charge < -0.3 is 10.2 Å². The lowest BCUT2D eigenvalue weighted by molar-refractivity contribution is -0.138. The number of hydrogen-bond acceptors (Lipinski definition) is 5. The smallest absolute Gasteiger partial charge is 0.347 e. The minimum atomic E-state index is -4.45. The van der Waals surface area contributed by atoms with Gasteiger partial charge in [0.1, 0.15) is 10.5 Å². The van der Waals surface area contributed by atoms with Crippen LogP contribution >= 0.6 is 11.3 Å². The van der Waals surface area contributed by atoms with E-state index in [2.05, 4.69) is 20.5 Å². The number of likely N-dealkylation sites (tertiary alicyclic amines) is 1. The van der Waals surface area contributed by atoms with Crippen LogP contribution in [0.4, 0.5) is 13.2 Å². The van der Waals surface area contributed by atoms with Crippen molar-refractivity contribution in [1.82, 2.24) is 25.4 Å². The summed E-state index contributed by atoms with van der Waals surface area (Å²) in [5.74, 6) is -0.769. The normalized spacial score (nSPS) is 19.1. The molecule has 2 unspecified atom stereocenters. The predicted octanol–water partition coefficient (Wildman–Crippen LogP) is 4.84. The fourth-order valence-electron chi connectivity index (χ4n) is 4.62. The molecule has 34 heavy (non-hydrogen) atoms. The van der Waals surface area contributed by atoms with Gasteiger partial charge in [-0.25, -0.2) is 0 Å². The maximum Gasteiger partial charge on any atom is 0.416 e. The molecule has 1 aliphatic heterocycles. The lowest BCUT2D eigenvalue weighted by atomic mass is 9.90. The molecule has 1 saturated heterocycles. The molecule has 1 fully saturated rings. The second kappa shape index (κ2) is 8.52. The molecular formula is C24H22F3N5OS. The number of benzene rings is 1. The van der Waals surface area contributed by atoms with Crippen molar-refractivity contribution < 1.29 is 18.0 Å². The maximum atomic E-state index is 13.6. The number of nitrogens with one attached hydrogen (secondary N) is 2. The van der Waals surface area contributed by atoms with Gasteiger partial charge in [0, 0.05) is 47.9 Å². The number of rotatable bonds is 4. The Morgan fingerprint density at radius 3 is 2.76 bits per heavy atom. The second-order valence-corrected chi connectivity index (χ2v) is 9.66. The highest BCUT2D eigenvalue weighted by molar-refractivity contribution is 7.20. The van der Waals surface area contributed by atoms with Crippen LogP contribution in [-0.2, 0) is 6.18 Å². The predicted molar refractivity (Wildman–Crippen MR) is 125 cm³/mol. The van der Waals surface area contributed by atoms with Crippen molar-refractivity contribution >= 4 is 27.5 Å². The molecule has 5 rings (SSSR count). The van der Waals surface area contributed by atoms with E-state index in [9.17, 15) is 18.0 Å². The van der Waals surface area contributed by atoms with Gasteiger partial charge in [0.2, 0.25) is 0 Å². The quantitative estimate of drug-likeness (QED) is 0.434. The number of nitrogens with zero attached hydrogens (tertiary/aromatic N) is 3. The van der Waals surface area contributed by atoms with Crippen LogP contribution in [0.25, 0.3) is 21.5 Å². The fraction of sp³-hybridized carbons (Fsp3) is 0.292. The summed E-state index contributed by atoms with van der Waals surface area (Å²) in [7, 11) is 1.85. The molecule has 0 aliphatic carbocycles. The number of alkyl halides is 3. The summed E-state index contributed by atoms with van der Waals surface area (Å²) >= 11 is 1.27. The Labute approximate surface area is 197 Å². The van der Waals surface area contributed by atoms with Gasteiger partial charge >= 0.3 is 6.18 Å². The number of likely N-dealkylation sites (N-methyl/N-ethyl adjacent to an activating group) is 1. The molecule has 2 atom stereocenters. The molecular weight excluding hydrogens is 463 g/mol. The molecule has 0 bridgehead atoms. The number of aromatic nitrogens is 3. The van der Waals surface area contributed by atoms with Crippen LogP contribution in [0.3, 0.4) is 0 Å². The third-order valence-electron chi connectivity index (χ3n) is 6.13. The number of pyridine rings is 1. The van der Waals surface area contributed by atoms with Gasteiger partial charge in [0.05, 0.1) is 10.4 Å². The number of hydrogen-bond donors (Lipinski definition) is 2. The Morgan fingerprint density at radius 2 is 2.00 bits per heavy atom. The molecule has 6 nitrogen and oxygen atoms in total. The van der Waals surface area contributed by atoms with E-state index in [-0.39, 0.29) is 11.5 Å². The molecule has 0 radical (unpaired) electrons. The van der Waals surface area contributed by atoms with Crippen molar-refractivity contribution in [2.75, 3.05) is 20.1 Å². The van der Waals surface area contributed by atoms with Gasteiger partial charge in [0.25, 0.3) is 5.91 Å². The number of halogens is 3. The van der Waals surface area contributed by atoms with E-state index in [1.165, 1.54) is 23.5 Å². The first kappa shape index (κ1) is 22.5. The third-order valence-corrected chi connectivity index (χ3v) is 7.17. The number of fused-ring (bicyclic) bond motifs is 1. The van der Waals surface area contributed by atoms with E-state index in [1.807, 2.05) is 31.0 Å². The zero-order chi connectivity index (χ0) is 24.0. The first-order valence-electron chi connectivity index (χ1n) is 10.8. The number of aryl methyl sites for hydroxylation is 1. The van der Waals surface area contributed by atoms with Crippen molar-refractivity contribution in [2.24, 2.45) is 0 Å². The zero-order valence-electron chi connectivity index (χ0n) is 18.5. The number of carbonyl (C=O) groups excluding carboxylic acids is 1. The fourth-order valence-corrected chi connectivity index (χ4v) is 5.53. The molecule has 1 amide bonds. The Morgan fingerprint density at radius 1 is 1.21 bits per heavy atom. The Hall–Kier alpha value is -3.24. The van der Waals surface area contributed by atoms with Crippen molar-refractivity contribution in [2.45, 2.75) is 25.1 Å². The van der Waals surface area contributed by atoms with Gasteiger partial charge in [-0.2, -0.15) is 18.3 Å². The minimum Gasteiger partial charge on any atom is -0.347 e. The highest BCUT2D eigenvalue weighted by Crippen LogP contribution is 2.38. The number of thiophene rings is 1. The number of aromatic amines is 1. The van der Waals surface area contributed by atoms with Gasteiger partial charge in [-0.1, -0.05) is 18.2 Å².